The lowest BCUT2D eigenvalue weighted by atomic mass is 10.1. The van der Waals surface area contributed by atoms with Crippen LogP contribution in [0.2, 0.25) is 0 Å². The molecular weight excluding hydrogens is 326 g/mol. The van der Waals surface area contributed by atoms with Gasteiger partial charge in [-0.1, -0.05) is 28.9 Å². The van der Waals surface area contributed by atoms with E-state index >= 15 is 0 Å². The first-order chi connectivity index (χ1) is 9.95. The van der Waals surface area contributed by atoms with Gasteiger partial charge in [-0.15, -0.1) is 0 Å². The average Bonchev–Trinajstić information content (AvgIpc) is 2.72. The highest BCUT2D eigenvalue weighted by atomic mass is 79.9. The third-order valence-corrected chi connectivity index (χ3v) is 4.53. The van der Waals surface area contributed by atoms with Crippen LogP contribution in [0.3, 0.4) is 0 Å². The molecule has 0 aliphatic heterocycles. The smallest absolute Gasteiger partial charge is 0.0707 e. The lowest BCUT2D eigenvalue weighted by Gasteiger charge is -2.19. The molecule has 0 bridgehead atoms. The van der Waals surface area contributed by atoms with Crippen molar-refractivity contribution in [2.75, 3.05) is 6.54 Å². The minimum absolute atomic E-state index is 0.303. The molecular formula is C17H24BrN3. The van der Waals surface area contributed by atoms with Gasteiger partial charge in [-0.3, -0.25) is 0 Å². The average molecular weight is 350 g/mol. The summed E-state index contributed by atoms with van der Waals surface area (Å²) in [6.07, 6.45) is 1.13. The van der Waals surface area contributed by atoms with Crippen LogP contribution in [-0.4, -0.2) is 16.3 Å². The molecule has 1 unspecified atom stereocenters. The van der Waals surface area contributed by atoms with Crippen molar-refractivity contribution in [2.45, 2.75) is 47.1 Å². The van der Waals surface area contributed by atoms with E-state index in [0.29, 0.717) is 6.04 Å². The highest BCUT2D eigenvalue weighted by molar-refractivity contribution is 9.10. The number of halogens is 1. The van der Waals surface area contributed by atoms with Crippen LogP contribution in [0.4, 0.5) is 0 Å². The summed E-state index contributed by atoms with van der Waals surface area (Å²) in [7, 11) is 0. The predicted octanol–water partition coefficient (Wildman–Crippen LogP) is 4.62. The Kier molecular flexibility index (Phi) is 5.22. The molecule has 114 valence electrons. The maximum Gasteiger partial charge on any atom is 0.0707 e. The van der Waals surface area contributed by atoms with Crippen molar-refractivity contribution < 1.29 is 0 Å². The van der Waals surface area contributed by atoms with Gasteiger partial charge in [-0.25, -0.2) is 4.68 Å². The molecule has 21 heavy (non-hydrogen) atoms. The van der Waals surface area contributed by atoms with Crippen LogP contribution in [0.25, 0.3) is 5.69 Å². The molecule has 0 aliphatic rings. The maximum absolute atomic E-state index is 4.71. The van der Waals surface area contributed by atoms with E-state index in [0.717, 1.165) is 28.8 Å². The Morgan fingerprint density at radius 1 is 1.29 bits per heavy atom. The topological polar surface area (TPSA) is 29.9 Å². The summed E-state index contributed by atoms with van der Waals surface area (Å²) in [5, 5.41) is 8.28. The van der Waals surface area contributed by atoms with Crippen LogP contribution < -0.4 is 5.32 Å². The Bertz CT molecular complexity index is 631. The third kappa shape index (κ3) is 3.38. The van der Waals surface area contributed by atoms with Crippen LogP contribution in [0.15, 0.2) is 22.7 Å². The minimum Gasteiger partial charge on any atom is -0.310 e. The Labute approximate surface area is 135 Å². The molecule has 0 saturated heterocycles. The van der Waals surface area contributed by atoms with E-state index in [1.54, 1.807) is 0 Å². The summed E-state index contributed by atoms with van der Waals surface area (Å²) in [6.45, 7) is 11.7. The number of aryl methyl sites for hydroxylation is 1. The van der Waals surface area contributed by atoms with Gasteiger partial charge in [0, 0.05) is 16.2 Å². The first kappa shape index (κ1) is 16.2. The number of benzene rings is 1. The van der Waals surface area contributed by atoms with Gasteiger partial charge in [0.15, 0.2) is 0 Å². The fourth-order valence-corrected chi connectivity index (χ4v) is 2.84. The Morgan fingerprint density at radius 3 is 2.57 bits per heavy atom. The second-order valence-electron chi connectivity index (χ2n) is 5.59. The van der Waals surface area contributed by atoms with Crippen molar-refractivity contribution in [3.63, 3.8) is 0 Å². The summed E-state index contributed by atoms with van der Waals surface area (Å²) >= 11 is 3.58. The number of aromatic nitrogens is 2. The molecule has 1 N–H and O–H groups in total. The van der Waals surface area contributed by atoms with Crippen LogP contribution in [0, 0.1) is 20.8 Å². The number of hydrogen-bond donors (Lipinski definition) is 1. The fraction of sp³-hybridized carbons (Fsp3) is 0.471. The molecule has 1 atom stereocenters. The van der Waals surface area contributed by atoms with Gasteiger partial charge < -0.3 is 5.32 Å². The standard InChI is InChI=1S/C17H24BrN3/c1-6-9-19-13(4)16-8-7-15(18)10-17(16)21-14(5)11(2)12(3)20-21/h7-8,10,13,19H,6,9H2,1-5H3. The van der Waals surface area contributed by atoms with E-state index in [1.807, 2.05) is 0 Å². The number of nitrogens with one attached hydrogen (secondary N) is 1. The SMILES string of the molecule is CCCNC(C)c1ccc(Br)cc1-n1nc(C)c(C)c1C. The van der Waals surface area contributed by atoms with E-state index in [4.69, 9.17) is 5.10 Å². The van der Waals surface area contributed by atoms with Crippen LogP contribution in [-0.2, 0) is 0 Å². The third-order valence-electron chi connectivity index (χ3n) is 4.04. The second-order valence-corrected chi connectivity index (χ2v) is 6.50. The van der Waals surface area contributed by atoms with Crippen molar-refractivity contribution in [1.29, 1.82) is 0 Å². The number of nitrogens with zero attached hydrogens (tertiary/aromatic N) is 2. The van der Waals surface area contributed by atoms with Gasteiger partial charge >= 0.3 is 0 Å². The van der Waals surface area contributed by atoms with Gasteiger partial charge in [-0.2, -0.15) is 5.10 Å². The van der Waals surface area contributed by atoms with Crippen molar-refractivity contribution >= 4 is 15.9 Å². The van der Waals surface area contributed by atoms with E-state index in [-0.39, 0.29) is 0 Å². The maximum atomic E-state index is 4.71. The zero-order chi connectivity index (χ0) is 15.6. The molecule has 1 aromatic carbocycles. The lowest BCUT2D eigenvalue weighted by Crippen LogP contribution is -2.21. The largest absolute Gasteiger partial charge is 0.310 e. The van der Waals surface area contributed by atoms with E-state index in [1.165, 1.54) is 16.8 Å². The molecule has 0 saturated carbocycles. The molecule has 2 rings (SSSR count). The highest BCUT2D eigenvalue weighted by Gasteiger charge is 2.16. The zero-order valence-electron chi connectivity index (χ0n) is 13.5. The minimum atomic E-state index is 0.303. The molecule has 0 fully saturated rings. The van der Waals surface area contributed by atoms with Gasteiger partial charge in [0.2, 0.25) is 0 Å². The Morgan fingerprint density at radius 2 is 2.00 bits per heavy atom. The zero-order valence-corrected chi connectivity index (χ0v) is 15.1. The molecule has 1 aromatic heterocycles. The molecule has 4 heteroatoms. The fourth-order valence-electron chi connectivity index (χ4n) is 2.49. The molecule has 0 amide bonds. The van der Waals surface area contributed by atoms with Crippen LogP contribution >= 0.6 is 15.9 Å². The van der Waals surface area contributed by atoms with Gasteiger partial charge in [0.1, 0.15) is 0 Å². The first-order valence-electron chi connectivity index (χ1n) is 7.51. The normalized spacial score (nSPS) is 12.7. The molecule has 0 radical (unpaired) electrons. The molecule has 1 heterocycles. The Hall–Kier alpha value is -1.13. The quantitative estimate of drug-likeness (QED) is 0.853. The van der Waals surface area contributed by atoms with Crippen molar-refractivity contribution in [1.82, 2.24) is 15.1 Å². The van der Waals surface area contributed by atoms with Gasteiger partial charge in [-0.05, 0) is 63.9 Å². The van der Waals surface area contributed by atoms with Gasteiger partial charge in [0.25, 0.3) is 0 Å². The van der Waals surface area contributed by atoms with Crippen molar-refractivity contribution in [3.05, 3.63) is 45.2 Å². The van der Waals surface area contributed by atoms with Crippen molar-refractivity contribution in [2.24, 2.45) is 0 Å². The summed E-state index contributed by atoms with van der Waals surface area (Å²) in [5.74, 6) is 0. The monoisotopic (exact) mass is 349 g/mol. The van der Waals surface area contributed by atoms with E-state index in [9.17, 15) is 0 Å². The summed E-state index contributed by atoms with van der Waals surface area (Å²) in [6, 6.07) is 6.73. The second kappa shape index (κ2) is 6.75. The lowest BCUT2D eigenvalue weighted by molar-refractivity contribution is 0.566. The van der Waals surface area contributed by atoms with E-state index < -0.39 is 0 Å². The molecule has 0 spiro atoms. The molecule has 3 nitrogen and oxygen atoms in total. The molecule has 0 aliphatic carbocycles. The molecule has 2 aromatic rings. The summed E-state index contributed by atoms with van der Waals surface area (Å²) < 4.78 is 3.14. The number of hydrogen-bond acceptors (Lipinski definition) is 2. The summed E-state index contributed by atoms with van der Waals surface area (Å²) in [5.41, 5.74) is 5.98. The van der Waals surface area contributed by atoms with E-state index in [2.05, 4.69) is 78.7 Å². The number of rotatable bonds is 5. The van der Waals surface area contributed by atoms with Crippen molar-refractivity contribution in [3.8, 4) is 5.69 Å². The Balaban J connectivity index is 2.51. The van der Waals surface area contributed by atoms with Crippen LogP contribution in [0.5, 0.6) is 0 Å². The summed E-state index contributed by atoms with van der Waals surface area (Å²) in [4.78, 5) is 0. The van der Waals surface area contributed by atoms with Gasteiger partial charge in [0.05, 0.1) is 11.4 Å². The predicted molar refractivity (Wildman–Crippen MR) is 92.2 cm³/mol. The van der Waals surface area contributed by atoms with Crippen LogP contribution in [0.1, 0.15) is 48.8 Å². The first-order valence-corrected chi connectivity index (χ1v) is 8.31. The highest BCUT2D eigenvalue weighted by Crippen LogP contribution is 2.27.